The summed E-state index contributed by atoms with van der Waals surface area (Å²) in [5.74, 6) is 0.413. The number of carbonyl (C=O) groups excluding carboxylic acids is 1. The van der Waals surface area contributed by atoms with Crippen molar-refractivity contribution in [3.05, 3.63) is 59.4 Å². The third kappa shape index (κ3) is 2.34. The van der Waals surface area contributed by atoms with Crippen LogP contribution >= 0.6 is 0 Å². The highest BCUT2D eigenvalue weighted by atomic mass is 16.5. The topological polar surface area (TPSA) is 26.3 Å². The molecule has 2 rings (SSSR count). The molecule has 1 heterocycles. The number of ether oxygens (including phenoxy) is 1. The molecule has 1 aromatic rings. The molecule has 0 aliphatic carbocycles. The van der Waals surface area contributed by atoms with Crippen LogP contribution in [0.1, 0.15) is 12.5 Å². The SMILES string of the molecule is CC1=CC(=O)O/C1=C\Cc1ccccc1. The lowest BCUT2D eigenvalue weighted by molar-refractivity contribution is -0.132. The Bertz CT molecular complexity index is 427. The highest BCUT2D eigenvalue weighted by Crippen LogP contribution is 2.19. The number of hydrogen-bond acceptors (Lipinski definition) is 2. The van der Waals surface area contributed by atoms with Gasteiger partial charge in [0.2, 0.25) is 0 Å². The van der Waals surface area contributed by atoms with Crippen molar-refractivity contribution < 1.29 is 9.53 Å². The second-order valence-electron chi connectivity index (χ2n) is 3.51. The van der Waals surface area contributed by atoms with Crippen molar-refractivity contribution in [3.8, 4) is 0 Å². The monoisotopic (exact) mass is 200 g/mol. The van der Waals surface area contributed by atoms with E-state index in [0.717, 1.165) is 12.0 Å². The van der Waals surface area contributed by atoms with Gasteiger partial charge in [-0.2, -0.15) is 0 Å². The van der Waals surface area contributed by atoms with E-state index in [9.17, 15) is 4.79 Å². The summed E-state index contributed by atoms with van der Waals surface area (Å²) in [6.45, 7) is 1.88. The van der Waals surface area contributed by atoms with Gasteiger partial charge in [-0.3, -0.25) is 0 Å². The van der Waals surface area contributed by atoms with Crippen molar-refractivity contribution in [3.63, 3.8) is 0 Å². The van der Waals surface area contributed by atoms with Gasteiger partial charge in [0.1, 0.15) is 5.76 Å². The van der Waals surface area contributed by atoms with Gasteiger partial charge >= 0.3 is 5.97 Å². The Morgan fingerprint density at radius 3 is 2.60 bits per heavy atom. The molecule has 0 N–H and O–H groups in total. The fourth-order valence-corrected chi connectivity index (χ4v) is 1.49. The minimum Gasteiger partial charge on any atom is -0.423 e. The van der Waals surface area contributed by atoms with E-state index in [1.165, 1.54) is 11.6 Å². The van der Waals surface area contributed by atoms with Gasteiger partial charge in [0.25, 0.3) is 0 Å². The molecule has 0 radical (unpaired) electrons. The maximum Gasteiger partial charge on any atom is 0.336 e. The molecule has 1 aromatic carbocycles. The zero-order valence-electron chi connectivity index (χ0n) is 8.57. The molecule has 0 saturated heterocycles. The zero-order chi connectivity index (χ0) is 10.7. The van der Waals surface area contributed by atoms with Crippen LogP contribution in [0, 0.1) is 0 Å². The second kappa shape index (κ2) is 4.13. The first-order valence-corrected chi connectivity index (χ1v) is 4.90. The van der Waals surface area contributed by atoms with E-state index in [1.807, 2.05) is 43.3 Å². The first-order valence-electron chi connectivity index (χ1n) is 4.90. The Kier molecular flexibility index (Phi) is 2.68. The molecule has 76 valence electrons. The molecule has 0 amide bonds. The van der Waals surface area contributed by atoms with Crippen molar-refractivity contribution in [2.24, 2.45) is 0 Å². The summed E-state index contributed by atoms with van der Waals surface area (Å²) in [4.78, 5) is 10.9. The summed E-state index contributed by atoms with van der Waals surface area (Å²) >= 11 is 0. The average molecular weight is 200 g/mol. The van der Waals surface area contributed by atoms with E-state index >= 15 is 0 Å². The molecule has 2 heteroatoms. The predicted octanol–water partition coefficient (Wildman–Crippen LogP) is 2.62. The number of carbonyl (C=O) groups is 1. The summed E-state index contributed by atoms with van der Waals surface area (Å²) in [6.07, 6.45) is 4.23. The summed E-state index contributed by atoms with van der Waals surface area (Å²) in [6, 6.07) is 10.1. The van der Waals surface area contributed by atoms with Crippen molar-refractivity contribution in [1.82, 2.24) is 0 Å². The molecule has 0 saturated carbocycles. The van der Waals surface area contributed by atoms with Crippen molar-refractivity contribution in [2.45, 2.75) is 13.3 Å². The fraction of sp³-hybridized carbons (Fsp3) is 0.154. The fourth-order valence-electron chi connectivity index (χ4n) is 1.49. The Balaban J connectivity index is 2.08. The average Bonchev–Trinajstić information content (AvgIpc) is 2.56. The van der Waals surface area contributed by atoms with Crippen molar-refractivity contribution in [1.29, 1.82) is 0 Å². The van der Waals surface area contributed by atoms with E-state index in [0.29, 0.717) is 5.76 Å². The van der Waals surface area contributed by atoms with Gasteiger partial charge in [0.15, 0.2) is 0 Å². The molecule has 0 unspecified atom stereocenters. The lowest BCUT2D eigenvalue weighted by Crippen LogP contribution is -1.92. The predicted molar refractivity (Wildman–Crippen MR) is 58.1 cm³/mol. The van der Waals surface area contributed by atoms with Crippen LogP contribution in [0.25, 0.3) is 0 Å². The quantitative estimate of drug-likeness (QED) is 0.686. The molecule has 15 heavy (non-hydrogen) atoms. The van der Waals surface area contributed by atoms with Gasteiger partial charge in [-0.25, -0.2) is 4.79 Å². The maximum atomic E-state index is 10.9. The lowest BCUT2D eigenvalue weighted by Gasteiger charge is -1.99. The zero-order valence-corrected chi connectivity index (χ0v) is 8.57. The molecule has 0 fully saturated rings. The third-order valence-electron chi connectivity index (χ3n) is 2.30. The van der Waals surface area contributed by atoms with Crippen molar-refractivity contribution in [2.75, 3.05) is 0 Å². The van der Waals surface area contributed by atoms with Gasteiger partial charge in [0, 0.05) is 6.08 Å². The van der Waals surface area contributed by atoms with E-state index < -0.39 is 0 Å². The summed E-state index contributed by atoms with van der Waals surface area (Å²) in [5, 5.41) is 0. The second-order valence-corrected chi connectivity index (χ2v) is 3.51. The Labute approximate surface area is 88.9 Å². The van der Waals surface area contributed by atoms with Crippen LogP contribution in [0.15, 0.2) is 53.8 Å². The van der Waals surface area contributed by atoms with Crippen molar-refractivity contribution >= 4 is 5.97 Å². The highest BCUT2D eigenvalue weighted by Gasteiger charge is 2.15. The Morgan fingerprint density at radius 1 is 1.27 bits per heavy atom. The van der Waals surface area contributed by atoms with Crippen LogP contribution in [0.4, 0.5) is 0 Å². The maximum absolute atomic E-state index is 10.9. The number of hydrogen-bond donors (Lipinski definition) is 0. The Morgan fingerprint density at radius 2 is 2.00 bits per heavy atom. The molecule has 2 nitrogen and oxygen atoms in total. The largest absolute Gasteiger partial charge is 0.423 e. The van der Waals surface area contributed by atoms with E-state index in [1.54, 1.807) is 0 Å². The van der Waals surface area contributed by atoms with E-state index in [2.05, 4.69) is 0 Å². The molecule has 0 bridgehead atoms. The number of benzene rings is 1. The molecule has 1 aliphatic rings. The highest BCUT2D eigenvalue weighted by molar-refractivity contribution is 5.88. The first-order chi connectivity index (χ1) is 7.25. The smallest absolute Gasteiger partial charge is 0.336 e. The minimum atomic E-state index is -0.271. The van der Waals surface area contributed by atoms with Crippen LogP contribution in [0.5, 0.6) is 0 Å². The van der Waals surface area contributed by atoms with Gasteiger partial charge in [0.05, 0.1) is 0 Å². The minimum absolute atomic E-state index is 0.271. The van der Waals surface area contributed by atoms with Crippen LogP contribution in [0.2, 0.25) is 0 Å². The third-order valence-corrected chi connectivity index (χ3v) is 2.30. The number of cyclic esters (lactones) is 1. The van der Waals surface area contributed by atoms with Gasteiger partial charge in [-0.1, -0.05) is 30.3 Å². The Hall–Kier alpha value is -1.83. The molecular weight excluding hydrogens is 188 g/mol. The summed E-state index contributed by atoms with van der Waals surface area (Å²) < 4.78 is 5.02. The molecule has 0 spiro atoms. The van der Waals surface area contributed by atoms with Crippen LogP contribution < -0.4 is 0 Å². The van der Waals surface area contributed by atoms with E-state index in [-0.39, 0.29) is 5.97 Å². The van der Waals surface area contributed by atoms with E-state index in [4.69, 9.17) is 4.74 Å². The van der Waals surface area contributed by atoms with Crippen LogP contribution in [0.3, 0.4) is 0 Å². The molecule has 0 atom stereocenters. The standard InChI is InChI=1S/C13H12O2/c1-10-9-13(14)15-12(10)8-7-11-5-3-2-4-6-11/h2-6,8-9H,7H2,1H3/b12-8-. The van der Waals surface area contributed by atoms with Gasteiger partial charge < -0.3 is 4.74 Å². The first kappa shape index (κ1) is 9.71. The molecule has 1 aliphatic heterocycles. The number of esters is 1. The molecule has 0 aromatic heterocycles. The normalized spacial score (nSPS) is 17.8. The van der Waals surface area contributed by atoms with Crippen LogP contribution in [-0.4, -0.2) is 5.97 Å². The lowest BCUT2D eigenvalue weighted by atomic mass is 10.1. The summed E-state index contributed by atoms with van der Waals surface area (Å²) in [5.41, 5.74) is 2.11. The summed E-state index contributed by atoms with van der Waals surface area (Å²) in [7, 11) is 0. The molecular formula is C13H12O2. The van der Waals surface area contributed by atoms with Gasteiger partial charge in [-0.15, -0.1) is 0 Å². The number of allylic oxidation sites excluding steroid dienone is 2. The van der Waals surface area contributed by atoms with Crippen LogP contribution in [-0.2, 0) is 16.0 Å². The van der Waals surface area contributed by atoms with Gasteiger partial charge in [-0.05, 0) is 30.6 Å². The number of rotatable bonds is 2.